The van der Waals surface area contributed by atoms with E-state index < -0.39 is 28.4 Å². The fraction of sp³-hybridized carbons (Fsp3) is 0.318. The number of esters is 1. The Morgan fingerprint density at radius 2 is 1.94 bits per heavy atom. The summed E-state index contributed by atoms with van der Waals surface area (Å²) in [5.41, 5.74) is 1.79. The number of ether oxygens (including phenoxy) is 1. The van der Waals surface area contributed by atoms with Gasteiger partial charge in [-0.15, -0.1) is 5.10 Å². The van der Waals surface area contributed by atoms with Crippen molar-refractivity contribution < 1.29 is 22.7 Å². The molecule has 1 aliphatic heterocycles. The molecule has 10 nitrogen and oxygen atoms in total. The molecule has 1 aliphatic rings. The third-order valence-corrected chi connectivity index (χ3v) is 7.26. The van der Waals surface area contributed by atoms with Crippen molar-refractivity contribution in [2.45, 2.75) is 26.3 Å². The summed E-state index contributed by atoms with van der Waals surface area (Å²) in [4.78, 5) is 37.0. The Morgan fingerprint density at radius 1 is 1.15 bits per heavy atom. The summed E-state index contributed by atoms with van der Waals surface area (Å²) < 4.78 is 31.9. The molecule has 2 heterocycles. The van der Waals surface area contributed by atoms with E-state index >= 15 is 0 Å². The lowest BCUT2D eigenvalue weighted by Crippen LogP contribution is -2.30. The molecule has 4 rings (SSSR count). The fourth-order valence-electron chi connectivity index (χ4n) is 3.66. The van der Waals surface area contributed by atoms with Crippen LogP contribution in [0.2, 0.25) is 0 Å². The number of anilines is 1. The Balaban J connectivity index is 1.34. The molecule has 1 aromatic heterocycles. The second kappa shape index (κ2) is 9.10. The van der Waals surface area contributed by atoms with E-state index in [4.69, 9.17) is 4.74 Å². The molecular weight excluding hydrogens is 448 g/mol. The van der Waals surface area contributed by atoms with Crippen LogP contribution in [0.3, 0.4) is 0 Å². The van der Waals surface area contributed by atoms with E-state index in [-0.39, 0.29) is 24.3 Å². The highest BCUT2D eigenvalue weighted by molar-refractivity contribution is 7.92. The highest BCUT2D eigenvalue weighted by atomic mass is 32.2. The molecule has 0 saturated heterocycles. The van der Waals surface area contributed by atoms with Crippen molar-refractivity contribution in [3.05, 3.63) is 63.9 Å². The van der Waals surface area contributed by atoms with Gasteiger partial charge in [0.15, 0.2) is 12.4 Å². The van der Waals surface area contributed by atoms with Crippen LogP contribution in [0.1, 0.15) is 29.3 Å². The molecule has 0 amide bonds. The smallest absolute Gasteiger partial charge is 0.308 e. The number of benzene rings is 2. The molecule has 33 heavy (non-hydrogen) atoms. The van der Waals surface area contributed by atoms with Gasteiger partial charge in [-0.2, -0.15) is 0 Å². The minimum absolute atomic E-state index is 0.0000157. The van der Waals surface area contributed by atoms with Gasteiger partial charge in [-0.3, -0.25) is 18.7 Å². The van der Waals surface area contributed by atoms with Gasteiger partial charge in [0.05, 0.1) is 29.8 Å². The number of aryl methyl sites for hydroxylation is 1. The molecule has 11 heteroatoms. The van der Waals surface area contributed by atoms with Gasteiger partial charge in [0.2, 0.25) is 10.0 Å². The van der Waals surface area contributed by atoms with Crippen LogP contribution < -0.4 is 9.86 Å². The highest BCUT2D eigenvalue weighted by Crippen LogP contribution is 2.31. The third kappa shape index (κ3) is 4.63. The van der Waals surface area contributed by atoms with Gasteiger partial charge in [-0.05, 0) is 49.2 Å². The van der Waals surface area contributed by atoms with Gasteiger partial charge < -0.3 is 4.74 Å². The average molecular weight is 471 g/mol. The van der Waals surface area contributed by atoms with E-state index in [9.17, 15) is 22.8 Å². The van der Waals surface area contributed by atoms with Crippen LogP contribution in [-0.4, -0.2) is 54.1 Å². The topological polar surface area (TPSA) is 129 Å². The molecular formula is C22H22N4O6S. The van der Waals surface area contributed by atoms with Crippen molar-refractivity contribution in [2.24, 2.45) is 0 Å². The Bertz CT molecular complexity index is 1400. The molecule has 0 bridgehead atoms. The number of hydrogen-bond acceptors (Lipinski definition) is 8. The van der Waals surface area contributed by atoms with E-state index in [0.29, 0.717) is 35.1 Å². The highest BCUT2D eigenvalue weighted by Gasteiger charge is 2.28. The van der Waals surface area contributed by atoms with E-state index in [2.05, 4.69) is 10.3 Å². The van der Waals surface area contributed by atoms with E-state index in [1.165, 1.54) is 10.4 Å². The molecule has 172 valence electrons. The Morgan fingerprint density at radius 3 is 2.73 bits per heavy atom. The summed E-state index contributed by atoms with van der Waals surface area (Å²) >= 11 is 0. The maximum Gasteiger partial charge on any atom is 0.308 e. The fourth-order valence-corrected chi connectivity index (χ4v) is 4.82. The van der Waals surface area contributed by atoms with E-state index in [0.717, 1.165) is 10.2 Å². The van der Waals surface area contributed by atoms with Crippen LogP contribution in [0, 0.1) is 0 Å². The maximum absolute atomic E-state index is 12.5. The number of carbonyl (C=O) groups is 2. The first-order chi connectivity index (χ1) is 15.8. The van der Waals surface area contributed by atoms with Crippen LogP contribution in [0.25, 0.3) is 10.9 Å². The lowest BCUT2D eigenvalue weighted by atomic mass is 10.1. The van der Waals surface area contributed by atoms with Crippen LogP contribution in [0.5, 0.6) is 0 Å². The average Bonchev–Trinajstić information content (AvgIpc) is 3.26. The zero-order valence-electron chi connectivity index (χ0n) is 17.9. The van der Waals surface area contributed by atoms with Crippen LogP contribution in [0.15, 0.2) is 47.3 Å². The summed E-state index contributed by atoms with van der Waals surface area (Å²) in [6.45, 7) is 1.45. The van der Waals surface area contributed by atoms with Crippen molar-refractivity contribution in [1.29, 1.82) is 0 Å². The second-order valence-electron chi connectivity index (χ2n) is 7.53. The summed E-state index contributed by atoms with van der Waals surface area (Å²) in [5, 5.41) is 8.17. The van der Waals surface area contributed by atoms with Crippen LogP contribution >= 0.6 is 0 Å². The monoisotopic (exact) mass is 470 g/mol. The number of sulfonamides is 1. The molecule has 0 aliphatic carbocycles. The number of ketones is 1. The maximum atomic E-state index is 12.5. The number of carbonyl (C=O) groups excluding carboxylic acids is 2. The van der Waals surface area contributed by atoms with Gasteiger partial charge >= 0.3 is 5.97 Å². The normalized spacial score (nSPS) is 13.2. The molecule has 2 aromatic carbocycles. The molecule has 0 radical (unpaired) electrons. The van der Waals surface area contributed by atoms with Crippen LogP contribution in [-0.2, 0) is 32.5 Å². The molecule has 0 atom stereocenters. The number of Topliss-reactive ketones (excluding diaryl/α,β-unsaturated/α-hetero) is 1. The van der Waals surface area contributed by atoms with Crippen molar-refractivity contribution in [3.63, 3.8) is 0 Å². The summed E-state index contributed by atoms with van der Waals surface area (Å²) in [6, 6.07) is 11.5. The Kier molecular flexibility index (Phi) is 6.23. The van der Waals surface area contributed by atoms with Gasteiger partial charge in [-0.25, -0.2) is 13.1 Å². The molecule has 0 N–H and O–H groups in total. The Labute approximate surface area is 189 Å². The quantitative estimate of drug-likeness (QED) is 0.356. The molecule has 0 unspecified atom stereocenters. The summed E-state index contributed by atoms with van der Waals surface area (Å²) in [5.74, 6) is -1.04. The van der Waals surface area contributed by atoms with Crippen LogP contribution in [0.4, 0.5) is 5.69 Å². The first-order valence-electron chi connectivity index (χ1n) is 10.4. The van der Waals surface area contributed by atoms with Crippen molar-refractivity contribution in [3.8, 4) is 0 Å². The van der Waals surface area contributed by atoms with Gasteiger partial charge in [0, 0.05) is 12.1 Å². The zero-order chi connectivity index (χ0) is 23.6. The largest absolute Gasteiger partial charge is 0.457 e. The second-order valence-corrected chi connectivity index (χ2v) is 9.72. The number of nitrogens with zero attached hydrogens (tertiary/aromatic N) is 4. The number of fused-ring (bicyclic) bond motifs is 2. The van der Waals surface area contributed by atoms with Crippen molar-refractivity contribution in [2.75, 3.05) is 23.2 Å². The molecule has 0 spiro atoms. The Hall–Kier alpha value is -3.60. The number of aromatic nitrogens is 3. The number of hydrogen-bond donors (Lipinski definition) is 0. The zero-order valence-corrected chi connectivity index (χ0v) is 18.7. The van der Waals surface area contributed by atoms with Crippen molar-refractivity contribution >= 4 is 38.4 Å². The van der Waals surface area contributed by atoms with E-state index in [1.54, 1.807) is 43.3 Å². The van der Waals surface area contributed by atoms with Gasteiger partial charge in [0.25, 0.3) is 5.56 Å². The van der Waals surface area contributed by atoms with Crippen molar-refractivity contribution in [1.82, 2.24) is 15.0 Å². The number of rotatable bonds is 8. The van der Waals surface area contributed by atoms with Gasteiger partial charge in [0.1, 0.15) is 5.52 Å². The summed E-state index contributed by atoms with van der Waals surface area (Å²) in [7, 11) is -3.37. The standard InChI is InChI=1S/C22H22N4O6S/c1-2-33(30,31)26-12-9-15-13-16(7-8-19(15)26)20(27)14-32-21(28)10-11-25-22(29)17-5-3-4-6-18(17)23-24-25/h3-8,13H,2,9-12,14H2,1H3. The predicted molar refractivity (Wildman–Crippen MR) is 121 cm³/mol. The predicted octanol–water partition coefficient (Wildman–Crippen LogP) is 1.32. The third-order valence-electron chi connectivity index (χ3n) is 5.48. The molecule has 3 aromatic rings. The first-order valence-corrected chi connectivity index (χ1v) is 12.1. The lowest BCUT2D eigenvalue weighted by molar-refractivity contribution is -0.142. The minimum Gasteiger partial charge on any atom is -0.457 e. The summed E-state index contributed by atoms with van der Waals surface area (Å²) in [6.07, 6.45) is 0.366. The molecule has 0 saturated carbocycles. The van der Waals surface area contributed by atoms with Gasteiger partial charge in [-0.1, -0.05) is 17.3 Å². The molecule has 0 fully saturated rings. The SMILES string of the molecule is CCS(=O)(=O)N1CCc2cc(C(=O)COC(=O)CCn3nnc4ccccc4c3=O)ccc21. The van der Waals surface area contributed by atoms with E-state index in [1.807, 2.05) is 0 Å². The first kappa shape index (κ1) is 22.6. The minimum atomic E-state index is -3.37. The lowest BCUT2D eigenvalue weighted by Gasteiger charge is -2.18.